The normalized spacial score (nSPS) is 12.7. The third-order valence-corrected chi connectivity index (χ3v) is 4.43. The van der Waals surface area contributed by atoms with Crippen molar-refractivity contribution in [1.82, 2.24) is 9.97 Å². The van der Waals surface area contributed by atoms with Crippen LogP contribution >= 0.6 is 0 Å². The summed E-state index contributed by atoms with van der Waals surface area (Å²) in [7, 11) is 0. The summed E-state index contributed by atoms with van der Waals surface area (Å²) in [6, 6.07) is 4.34. The van der Waals surface area contributed by atoms with Crippen LogP contribution < -0.4 is 11.5 Å². The van der Waals surface area contributed by atoms with Crippen LogP contribution in [0.1, 0.15) is 36.5 Å². The summed E-state index contributed by atoms with van der Waals surface area (Å²) in [5.41, 5.74) is 9.50. The molecule has 0 bridgehead atoms. The lowest BCUT2D eigenvalue weighted by Crippen LogP contribution is -2.11. The molecule has 0 aliphatic carbocycles. The van der Waals surface area contributed by atoms with Crippen molar-refractivity contribution in [2.24, 2.45) is 0 Å². The molecule has 0 saturated heterocycles. The van der Waals surface area contributed by atoms with Gasteiger partial charge in [-0.3, -0.25) is 0 Å². The number of aromatic nitrogens is 2. The van der Waals surface area contributed by atoms with Gasteiger partial charge in [-0.15, -0.1) is 0 Å². The van der Waals surface area contributed by atoms with Gasteiger partial charge in [0.05, 0.1) is 16.6 Å². The number of fused-ring (bicyclic) bond motifs is 1. The Morgan fingerprint density at radius 2 is 1.38 bits per heavy atom. The second-order valence-corrected chi connectivity index (χ2v) is 6.84. The SMILES string of the molecule is CC(C)c1c(-c2cc(C(F)(F)F)cc(C(F)(F)F)c2)ccc2nc(N)nc(N)c12. The van der Waals surface area contributed by atoms with E-state index in [0.717, 1.165) is 0 Å². The first-order valence-corrected chi connectivity index (χ1v) is 8.44. The summed E-state index contributed by atoms with van der Waals surface area (Å²) in [4.78, 5) is 7.93. The number of hydrogen-bond acceptors (Lipinski definition) is 4. The van der Waals surface area contributed by atoms with Crippen LogP contribution in [-0.2, 0) is 12.4 Å². The smallest absolute Gasteiger partial charge is 0.383 e. The second-order valence-electron chi connectivity index (χ2n) is 6.84. The van der Waals surface area contributed by atoms with Gasteiger partial charge in [0.2, 0.25) is 5.95 Å². The largest absolute Gasteiger partial charge is 0.416 e. The number of nitrogens with two attached hydrogens (primary N) is 2. The van der Waals surface area contributed by atoms with Crippen LogP contribution in [0.25, 0.3) is 22.0 Å². The Bertz CT molecular complexity index is 1050. The van der Waals surface area contributed by atoms with Crippen LogP contribution in [0, 0.1) is 0 Å². The molecule has 0 amide bonds. The highest BCUT2D eigenvalue weighted by Gasteiger charge is 2.37. The van der Waals surface area contributed by atoms with Crippen LogP contribution in [0.15, 0.2) is 30.3 Å². The van der Waals surface area contributed by atoms with E-state index < -0.39 is 23.5 Å². The van der Waals surface area contributed by atoms with Gasteiger partial charge in [0.25, 0.3) is 0 Å². The van der Waals surface area contributed by atoms with E-state index in [-0.39, 0.29) is 34.9 Å². The molecule has 4 nitrogen and oxygen atoms in total. The summed E-state index contributed by atoms with van der Waals surface area (Å²) in [6.07, 6.45) is -9.89. The summed E-state index contributed by atoms with van der Waals surface area (Å²) in [5, 5.41) is 0.345. The Labute approximate surface area is 161 Å². The molecular weight excluding hydrogens is 398 g/mol. The number of alkyl halides is 6. The summed E-state index contributed by atoms with van der Waals surface area (Å²) in [6.45, 7) is 3.48. The molecule has 3 rings (SSSR count). The number of rotatable bonds is 2. The van der Waals surface area contributed by atoms with Gasteiger partial charge in [-0.1, -0.05) is 19.9 Å². The Hall–Kier alpha value is -3.04. The molecule has 0 unspecified atom stereocenters. The third kappa shape index (κ3) is 3.92. The second kappa shape index (κ2) is 6.78. The van der Waals surface area contributed by atoms with Crippen molar-refractivity contribution in [2.75, 3.05) is 11.5 Å². The average molecular weight is 414 g/mol. The van der Waals surface area contributed by atoms with Crippen molar-refractivity contribution in [1.29, 1.82) is 0 Å². The highest BCUT2D eigenvalue weighted by Crippen LogP contribution is 2.42. The number of nitrogens with zero attached hydrogens (tertiary/aromatic N) is 2. The van der Waals surface area contributed by atoms with E-state index in [0.29, 0.717) is 28.6 Å². The van der Waals surface area contributed by atoms with Crippen LogP contribution in [0.4, 0.5) is 38.1 Å². The minimum absolute atomic E-state index is 0.000992. The molecule has 2 aromatic carbocycles. The highest BCUT2D eigenvalue weighted by molar-refractivity contribution is 5.97. The maximum absolute atomic E-state index is 13.3. The van der Waals surface area contributed by atoms with Crippen LogP contribution in [0.2, 0.25) is 0 Å². The zero-order valence-corrected chi connectivity index (χ0v) is 15.3. The van der Waals surface area contributed by atoms with Crippen molar-refractivity contribution in [3.63, 3.8) is 0 Å². The molecule has 1 aromatic heterocycles. The van der Waals surface area contributed by atoms with Gasteiger partial charge in [-0.2, -0.15) is 31.3 Å². The van der Waals surface area contributed by atoms with E-state index in [1.807, 2.05) is 0 Å². The first-order valence-electron chi connectivity index (χ1n) is 8.44. The molecule has 29 heavy (non-hydrogen) atoms. The predicted molar refractivity (Wildman–Crippen MR) is 97.9 cm³/mol. The molecule has 3 aromatic rings. The molecule has 0 spiro atoms. The number of hydrogen-bond donors (Lipinski definition) is 2. The molecule has 10 heteroatoms. The van der Waals surface area contributed by atoms with E-state index in [9.17, 15) is 26.3 Å². The van der Waals surface area contributed by atoms with E-state index in [1.165, 1.54) is 12.1 Å². The van der Waals surface area contributed by atoms with E-state index in [4.69, 9.17) is 11.5 Å². The number of nitrogen functional groups attached to an aromatic ring is 2. The van der Waals surface area contributed by atoms with Gasteiger partial charge in [0.1, 0.15) is 5.82 Å². The van der Waals surface area contributed by atoms with E-state index in [2.05, 4.69) is 9.97 Å². The average Bonchev–Trinajstić information content (AvgIpc) is 2.58. The quantitative estimate of drug-likeness (QED) is 0.534. The summed E-state index contributed by atoms with van der Waals surface area (Å²) in [5.74, 6) is -0.385. The minimum Gasteiger partial charge on any atom is -0.383 e. The molecule has 1 heterocycles. The van der Waals surface area contributed by atoms with Crippen LogP contribution in [-0.4, -0.2) is 9.97 Å². The number of benzene rings is 2. The summed E-state index contributed by atoms with van der Waals surface area (Å²) < 4.78 is 79.5. The van der Waals surface area contributed by atoms with Gasteiger partial charge in [0.15, 0.2) is 0 Å². The van der Waals surface area contributed by atoms with E-state index >= 15 is 0 Å². The molecule has 0 fully saturated rings. The van der Waals surface area contributed by atoms with Crippen molar-refractivity contribution in [3.8, 4) is 11.1 Å². The zero-order chi connectivity index (χ0) is 21.7. The fourth-order valence-electron chi connectivity index (χ4n) is 3.26. The highest BCUT2D eigenvalue weighted by atomic mass is 19.4. The Balaban J connectivity index is 2.40. The van der Waals surface area contributed by atoms with Crippen molar-refractivity contribution in [3.05, 3.63) is 47.0 Å². The molecule has 0 aliphatic heterocycles. The minimum atomic E-state index is -4.94. The lowest BCUT2D eigenvalue weighted by Gasteiger charge is -2.19. The topological polar surface area (TPSA) is 77.8 Å². The van der Waals surface area contributed by atoms with Crippen LogP contribution in [0.3, 0.4) is 0 Å². The molecule has 154 valence electrons. The monoisotopic (exact) mass is 414 g/mol. The lowest BCUT2D eigenvalue weighted by atomic mass is 9.88. The Morgan fingerprint density at radius 3 is 1.86 bits per heavy atom. The molecule has 0 radical (unpaired) electrons. The van der Waals surface area contributed by atoms with Gasteiger partial charge < -0.3 is 11.5 Å². The van der Waals surface area contributed by atoms with Gasteiger partial charge in [0, 0.05) is 5.39 Å². The van der Waals surface area contributed by atoms with Crippen molar-refractivity contribution >= 4 is 22.7 Å². The van der Waals surface area contributed by atoms with Gasteiger partial charge in [-0.05, 0) is 46.9 Å². The molecule has 0 saturated carbocycles. The zero-order valence-electron chi connectivity index (χ0n) is 15.3. The first-order chi connectivity index (χ1) is 13.3. The number of halogens is 6. The van der Waals surface area contributed by atoms with Crippen molar-refractivity contribution in [2.45, 2.75) is 32.1 Å². The van der Waals surface area contributed by atoms with Crippen LogP contribution in [0.5, 0.6) is 0 Å². The van der Waals surface area contributed by atoms with Gasteiger partial charge >= 0.3 is 12.4 Å². The third-order valence-electron chi connectivity index (χ3n) is 4.43. The first kappa shape index (κ1) is 20.7. The van der Waals surface area contributed by atoms with Crippen molar-refractivity contribution < 1.29 is 26.3 Å². The molecule has 0 atom stereocenters. The maximum atomic E-state index is 13.3. The molecule has 4 N–H and O–H groups in total. The predicted octanol–water partition coefficient (Wildman–Crippen LogP) is 5.62. The standard InChI is InChI=1S/C19H16F6N4/c1-8(2)14-12(3-4-13-15(14)16(26)29-17(27)28-13)9-5-10(18(20,21)22)7-11(6-9)19(23,24)25/h3-8H,1-2H3,(H4,26,27,28,29). The molecular formula is C19H16F6N4. The lowest BCUT2D eigenvalue weighted by molar-refractivity contribution is -0.143. The molecule has 0 aliphatic rings. The fraction of sp³-hybridized carbons (Fsp3) is 0.263. The maximum Gasteiger partial charge on any atom is 0.416 e. The van der Waals surface area contributed by atoms with E-state index in [1.54, 1.807) is 13.8 Å². The number of anilines is 2. The van der Waals surface area contributed by atoms with Gasteiger partial charge in [-0.25, -0.2) is 4.98 Å². The summed E-state index contributed by atoms with van der Waals surface area (Å²) >= 11 is 0. The Morgan fingerprint density at radius 1 is 0.828 bits per heavy atom. The Kier molecular flexibility index (Phi) is 4.84. The fourth-order valence-corrected chi connectivity index (χ4v) is 3.26.